The Hall–Kier alpha value is -0.0800. The third kappa shape index (κ3) is 2.46. The summed E-state index contributed by atoms with van der Waals surface area (Å²) in [6.07, 6.45) is 5.68. The van der Waals surface area contributed by atoms with Gasteiger partial charge in [0.1, 0.15) is 0 Å². The zero-order valence-electron chi connectivity index (χ0n) is 7.60. The average Bonchev–Trinajstić information content (AvgIpc) is 2.06. The van der Waals surface area contributed by atoms with Crippen molar-refractivity contribution in [3.8, 4) is 0 Å². The Kier molecular flexibility index (Phi) is 3.87. The van der Waals surface area contributed by atoms with Crippen molar-refractivity contribution in [1.82, 2.24) is 5.32 Å². The van der Waals surface area contributed by atoms with Crippen molar-refractivity contribution in [3.63, 3.8) is 0 Å². The van der Waals surface area contributed by atoms with Crippen LogP contribution in [-0.2, 0) is 4.74 Å². The smallest absolute Gasteiger partial charge is 0.0727 e. The maximum Gasteiger partial charge on any atom is 0.0727 e. The van der Waals surface area contributed by atoms with Crippen LogP contribution in [-0.4, -0.2) is 25.8 Å². The molecule has 2 nitrogen and oxygen atoms in total. The summed E-state index contributed by atoms with van der Waals surface area (Å²) in [5.74, 6) is 0. The maximum atomic E-state index is 5.62. The van der Waals surface area contributed by atoms with Crippen LogP contribution in [0.4, 0.5) is 0 Å². The van der Waals surface area contributed by atoms with Gasteiger partial charge >= 0.3 is 0 Å². The largest absolute Gasteiger partial charge is 0.377 e. The molecule has 1 rings (SSSR count). The van der Waals surface area contributed by atoms with Crippen molar-refractivity contribution in [2.45, 2.75) is 44.8 Å². The molecular formula is C9H19NO. The normalized spacial score (nSPS) is 32.2. The van der Waals surface area contributed by atoms with Crippen LogP contribution in [0.1, 0.15) is 32.6 Å². The fraction of sp³-hybridized carbons (Fsp3) is 1.00. The van der Waals surface area contributed by atoms with Gasteiger partial charge in [0.25, 0.3) is 0 Å². The van der Waals surface area contributed by atoms with E-state index in [1.165, 1.54) is 25.7 Å². The quantitative estimate of drug-likeness (QED) is 0.671. The van der Waals surface area contributed by atoms with Crippen molar-refractivity contribution in [1.29, 1.82) is 0 Å². The lowest BCUT2D eigenvalue weighted by Gasteiger charge is -2.30. The summed E-state index contributed by atoms with van der Waals surface area (Å²) >= 11 is 0. The van der Waals surface area contributed by atoms with Crippen molar-refractivity contribution in [2.75, 3.05) is 13.7 Å². The Morgan fingerprint density at radius 3 is 2.73 bits per heavy atom. The van der Waals surface area contributed by atoms with E-state index < -0.39 is 0 Å². The molecule has 1 N–H and O–H groups in total. The molecule has 0 saturated heterocycles. The summed E-state index contributed by atoms with van der Waals surface area (Å²) in [5, 5.41) is 3.31. The SMILES string of the molecule is CCO[C@H]1CCCC[C@H]1NC. The van der Waals surface area contributed by atoms with Crippen LogP contribution < -0.4 is 5.32 Å². The first-order valence-corrected chi connectivity index (χ1v) is 4.67. The predicted molar refractivity (Wildman–Crippen MR) is 46.7 cm³/mol. The molecule has 0 amide bonds. The summed E-state index contributed by atoms with van der Waals surface area (Å²) in [7, 11) is 2.03. The van der Waals surface area contributed by atoms with E-state index in [0.717, 1.165) is 6.61 Å². The van der Waals surface area contributed by atoms with Gasteiger partial charge < -0.3 is 10.1 Å². The second-order valence-electron chi connectivity index (χ2n) is 3.17. The van der Waals surface area contributed by atoms with Gasteiger partial charge in [-0.2, -0.15) is 0 Å². The van der Waals surface area contributed by atoms with Crippen molar-refractivity contribution in [2.24, 2.45) is 0 Å². The van der Waals surface area contributed by atoms with Gasteiger partial charge in [0, 0.05) is 12.6 Å². The van der Waals surface area contributed by atoms with E-state index in [2.05, 4.69) is 12.2 Å². The lowest BCUT2D eigenvalue weighted by Crippen LogP contribution is -2.41. The Balaban J connectivity index is 2.31. The molecule has 1 aliphatic carbocycles. The summed E-state index contributed by atoms with van der Waals surface area (Å²) in [4.78, 5) is 0. The van der Waals surface area contributed by atoms with Gasteiger partial charge in [0.05, 0.1) is 6.10 Å². The monoisotopic (exact) mass is 157 g/mol. The molecule has 66 valence electrons. The lowest BCUT2D eigenvalue weighted by molar-refractivity contribution is 0.0144. The zero-order chi connectivity index (χ0) is 8.10. The van der Waals surface area contributed by atoms with Crippen molar-refractivity contribution < 1.29 is 4.74 Å². The number of hydrogen-bond acceptors (Lipinski definition) is 2. The average molecular weight is 157 g/mol. The second kappa shape index (κ2) is 4.73. The van der Waals surface area contributed by atoms with E-state index >= 15 is 0 Å². The van der Waals surface area contributed by atoms with Gasteiger partial charge in [-0.15, -0.1) is 0 Å². The molecule has 0 bridgehead atoms. The van der Waals surface area contributed by atoms with Gasteiger partial charge in [-0.05, 0) is 26.8 Å². The van der Waals surface area contributed by atoms with Crippen LogP contribution >= 0.6 is 0 Å². The van der Waals surface area contributed by atoms with E-state index in [0.29, 0.717) is 12.1 Å². The highest BCUT2D eigenvalue weighted by molar-refractivity contribution is 4.80. The van der Waals surface area contributed by atoms with Crippen LogP contribution in [0.2, 0.25) is 0 Å². The van der Waals surface area contributed by atoms with Crippen LogP contribution in [0, 0.1) is 0 Å². The molecule has 1 fully saturated rings. The maximum absolute atomic E-state index is 5.62. The molecule has 0 aromatic rings. The van der Waals surface area contributed by atoms with Crippen molar-refractivity contribution >= 4 is 0 Å². The van der Waals surface area contributed by atoms with Crippen molar-refractivity contribution in [3.05, 3.63) is 0 Å². The lowest BCUT2D eigenvalue weighted by atomic mass is 9.92. The zero-order valence-corrected chi connectivity index (χ0v) is 7.60. The molecular weight excluding hydrogens is 138 g/mol. The third-order valence-corrected chi connectivity index (χ3v) is 2.45. The second-order valence-corrected chi connectivity index (χ2v) is 3.17. The Morgan fingerprint density at radius 2 is 2.09 bits per heavy atom. The van der Waals surface area contributed by atoms with Crippen LogP contribution in [0.3, 0.4) is 0 Å². The van der Waals surface area contributed by atoms with Crippen LogP contribution in [0.5, 0.6) is 0 Å². The molecule has 0 spiro atoms. The van der Waals surface area contributed by atoms with Gasteiger partial charge in [0.2, 0.25) is 0 Å². The molecule has 0 unspecified atom stereocenters. The highest BCUT2D eigenvalue weighted by atomic mass is 16.5. The minimum absolute atomic E-state index is 0.471. The Morgan fingerprint density at radius 1 is 1.36 bits per heavy atom. The molecule has 1 saturated carbocycles. The summed E-state index contributed by atoms with van der Waals surface area (Å²) in [6, 6.07) is 0.601. The molecule has 0 heterocycles. The highest BCUT2D eigenvalue weighted by Crippen LogP contribution is 2.20. The van der Waals surface area contributed by atoms with Gasteiger partial charge in [-0.3, -0.25) is 0 Å². The molecule has 0 aliphatic heterocycles. The first-order valence-electron chi connectivity index (χ1n) is 4.67. The summed E-state index contributed by atoms with van der Waals surface area (Å²) < 4.78 is 5.62. The number of ether oxygens (including phenoxy) is 1. The number of likely N-dealkylation sites (N-methyl/N-ethyl adjacent to an activating group) is 1. The highest BCUT2D eigenvalue weighted by Gasteiger charge is 2.23. The Labute approximate surface area is 69.3 Å². The number of hydrogen-bond donors (Lipinski definition) is 1. The third-order valence-electron chi connectivity index (χ3n) is 2.45. The molecule has 11 heavy (non-hydrogen) atoms. The molecule has 0 aromatic heterocycles. The van der Waals surface area contributed by atoms with E-state index in [1.807, 2.05) is 7.05 Å². The first-order chi connectivity index (χ1) is 5.38. The molecule has 2 atom stereocenters. The van der Waals surface area contributed by atoms with Gasteiger partial charge in [0.15, 0.2) is 0 Å². The number of rotatable bonds is 3. The fourth-order valence-electron chi connectivity index (χ4n) is 1.84. The minimum Gasteiger partial charge on any atom is -0.377 e. The molecule has 0 aromatic carbocycles. The van der Waals surface area contributed by atoms with E-state index in [-0.39, 0.29) is 0 Å². The standard InChI is InChI=1S/C9H19NO/c1-3-11-9-7-5-4-6-8(9)10-2/h8-10H,3-7H2,1-2H3/t8-,9+/m1/s1. The van der Waals surface area contributed by atoms with Crippen LogP contribution in [0.25, 0.3) is 0 Å². The first kappa shape index (κ1) is 9.01. The van der Waals surface area contributed by atoms with E-state index in [9.17, 15) is 0 Å². The molecule has 0 radical (unpaired) electrons. The topological polar surface area (TPSA) is 21.3 Å². The van der Waals surface area contributed by atoms with Gasteiger partial charge in [-0.25, -0.2) is 0 Å². The molecule has 2 heteroatoms. The predicted octanol–water partition coefficient (Wildman–Crippen LogP) is 1.55. The van der Waals surface area contributed by atoms with E-state index in [4.69, 9.17) is 4.74 Å². The Bertz CT molecular complexity index is 104. The van der Waals surface area contributed by atoms with Crippen LogP contribution in [0.15, 0.2) is 0 Å². The fourth-order valence-corrected chi connectivity index (χ4v) is 1.84. The number of nitrogens with one attached hydrogen (secondary N) is 1. The summed E-state index contributed by atoms with van der Waals surface area (Å²) in [5.41, 5.74) is 0. The summed E-state index contributed by atoms with van der Waals surface area (Å²) in [6.45, 7) is 2.92. The minimum atomic E-state index is 0.471. The molecule has 1 aliphatic rings. The van der Waals surface area contributed by atoms with E-state index in [1.54, 1.807) is 0 Å². The van der Waals surface area contributed by atoms with Gasteiger partial charge in [-0.1, -0.05) is 12.8 Å².